The number of benzene rings is 1. The van der Waals surface area contributed by atoms with Crippen LogP contribution in [0.25, 0.3) is 11.1 Å². The molecule has 2 aromatic rings. The molecule has 1 atom stereocenters. The fourth-order valence-corrected chi connectivity index (χ4v) is 3.07. The van der Waals surface area contributed by atoms with E-state index in [1.165, 1.54) is 5.56 Å². The highest BCUT2D eigenvalue weighted by molar-refractivity contribution is 5.98. The minimum Gasteiger partial charge on any atom is -0.392 e. The Hall–Kier alpha value is -2.44. The Morgan fingerprint density at radius 3 is 2.71 bits per heavy atom. The summed E-state index contributed by atoms with van der Waals surface area (Å²) in [5, 5.41) is 9.75. The molecule has 0 radical (unpaired) electrons. The number of hydrogen-bond acceptors (Lipinski definition) is 5. The molecule has 1 fully saturated rings. The smallest absolute Gasteiger partial charge is 0.252 e. The molecule has 0 bridgehead atoms. The molecule has 6 heteroatoms. The Balaban J connectivity index is 1.75. The number of likely N-dealkylation sites (tertiary alicyclic amines) is 1. The fraction of sp³-hybridized carbons (Fsp3) is 0.333. The Kier molecular flexibility index (Phi) is 4.78. The van der Waals surface area contributed by atoms with Gasteiger partial charge in [0.25, 0.3) is 5.91 Å². The van der Waals surface area contributed by atoms with E-state index >= 15 is 0 Å². The molecule has 1 aliphatic heterocycles. The van der Waals surface area contributed by atoms with Gasteiger partial charge in [0.1, 0.15) is 5.82 Å². The van der Waals surface area contributed by atoms with Crippen LogP contribution in [-0.4, -0.2) is 40.1 Å². The molecule has 1 saturated heterocycles. The lowest BCUT2D eigenvalue weighted by molar-refractivity contribution is 0.0668. The number of carbonyl (C=O) groups is 1. The van der Waals surface area contributed by atoms with E-state index in [9.17, 15) is 9.90 Å². The number of carbonyl (C=O) groups excluding carboxylic acids is 1. The van der Waals surface area contributed by atoms with Gasteiger partial charge in [0, 0.05) is 24.8 Å². The first-order valence-corrected chi connectivity index (χ1v) is 8.08. The number of nitrogen functional groups attached to an aromatic ring is 1. The molecule has 0 spiro atoms. The average Bonchev–Trinajstić information content (AvgIpc) is 2.56. The van der Waals surface area contributed by atoms with Crippen LogP contribution in [0, 0.1) is 0 Å². The fourth-order valence-electron chi connectivity index (χ4n) is 3.07. The van der Waals surface area contributed by atoms with Crippen molar-refractivity contribution < 1.29 is 9.90 Å². The van der Waals surface area contributed by atoms with E-state index in [2.05, 4.69) is 22.0 Å². The first-order chi connectivity index (χ1) is 11.5. The number of nitrogens with two attached hydrogens (primary N) is 2. The van der Waals surface area contributed by atoms with Crippen LogP contribution in [0.2, 0.25) is 0 Å². The van der Waals surface area contributed by atoms with E-state index in [0.29, 0.717) is 0 Å². The van der Waals surface area contributed by atoms with E-state index in [1.54, 1.807) is 12.3 Å². The van der Waals surface area contributed by atoms with Gasteiger partial charge in [0.2, 0.25) is 0 Å². The SMILES string of the molecule is NC(=O)c1cc(-c2ccc(CN3CCCC(O)C3)cc2)cnc1N. The van der Waals surface area contributed by atoms with E-state index in [4.69, 9.17) is 11.5 Å². The van der Waals surface area contributed by atoms with Crippen LogP contribution in [0.5, 0.6) is 0 Å². The average molecular weight is 326 g/mol. The number of rotatable bonds is 4. The molecule has 5 N–H and O–H groups in total. The van der Waals surface area contributed by atoms with Crippen molar-refractivity contribution in [3.05, 3.63) is 47.7 Å². The topological polar surface area (TPSA) is 105 Å². The second-order valence-corrected chi connectivity index (χ2v) is 6.25. The molecule has 3 rings (SSSR count). The zero-order valence-electron chi connectivity index (χ0n) is 13.5. The molecular formula is C18H22N4O2. The molecular weight excluding hydrogens is 304 g/mol. The second-order valence-electron chi connectivity index (χ2n) is 6.25. The van der Waals surface area contributed by atoms with Crippen LogP contribution in [0.3, 0.4) is 0 Å². The van der Waals surface area contributed by atoms with Crippen molar-refractivity contribution in [2.75, 3.05) is 18.8 Å². The maximum Gasteiger partial charge on any atom is 0.252 e. The number of hydrogen-bond donors (Lipinski definition) is 3. The Morgan fingerprint density at radius 2 is 2.04 bits per heavy atom. The van der Waals surface area contributed by atoms with Gasteiger partial charge >= 0.3 is 0 Å². The molecule has 0 saturated carbocycles. The molecule has 126 valence electrons. The highest BCUT2D eigenvalue weighted by Gasteiger charge is 2.17. The van der Waals surface area contributed by atoms with E-state index in [-0.39, 0.29) is 17.5 Å². The Bertz CT molecular complexity index is 730. The lowest BCUT2D eigenvalue weighted by Crippen LogP contribution is -2.37. The number of aromatic nitrogens is 1. The number of pyridine rings is 1. The van der Waals surface area contributed by atoms with Gasteiger partial charge in [-0.05, 0) is 36.6 Å². The molecule has 2 heterocycles. The quantitative estimate of drug-likeness (QED) is 0.787. The van der Waals surface area contributed by atoms with Gasteiger partial charge in [-0.3, -0.25) is 9.69 Å². The van der Waals surface area contributed by atoms with Crippen LogP contribution < -0.4 is 11.5 Å². The second kappa shape index (κ2) is 6.98. The van der Waals surface area contributed by atoms with E-state index in [1.807, 2.05) is 12.1 Å². The normalized spacial score (nSPS) is 18.5. The van der Waals surface area contributed by atoms with Crippen molar-refractivity contribution in [1.82, 2.24) is 9.88 Å². The molecule has 1 amide bonds. The summed E-state index contributed by atoms with van der Waals surface area (Å²) in [6, 6.07) is 9.76. The summed E-state index contributed by atoms with van der Waals surface area (Å²) in [5.41, 5.74) is 14.2. The number of aliphatic hydroxyl groups excluding tert-OH is 1. The van der Waals surface area contributed by atoms with Crippen molar-refractivity contribution in [3.63, 3.8) is 0 Å². The van der Waals surface area contributed by atoms with Gasteiger partial charge in [-0.15, -0.1) is 0 Å². The third-order valence-electron chi connectivity index (χ3n) is 4.36. The third kappa shape index (κ3) is 3.72. The zero-order chi connectivity index (χ0) is 17.1. The van der Waals surface area contributed by atoms with Gasteiger partial charge in [-0.1, -0.05) is 24.3 Å². The van der Waals surface area contributed by atoms with Gasteiger partial charge in [0.15, 0.2) is 0 Å². The highest BCUT2D eigenvalue weighted by atomic mass is 16.3. The minimum atomic E-state index is -0.581. The number of β-amino-alcohol motifs (C(OH)–C–C–N with tert-alkyl or cyclic N) is 1. The maximum atomic E-state index is 11.4. The molecule has 1 unspecified atom stereocenters. The first-order valence-electron chi connectivity index (χ1n) is 8.08. The lowest BCUT2D eigenvalue weighted by atomic mass is 10.0. The summed E-state index contributed by atoms with van der Waals surface area (Å²) >= 11 is 0. The number of amides is 1. The van der Waals surface area contributed by atoms with Crippen LogP contribution in [0.15, 0.2) is 36.5 Å². The van der Waals surface area contributed by atoms with Crippen molar-refractivity contribution in [3.8, 4) is 11.1 Å². The largest absolute Gasteiger partial charge is 0.392 e. The number of primary amides is 1. The maximum absolute atomic E-state index is 11.4. The van der Waals surface area contributed by atoms with Crippen LogP contribution >= 0.6 is 0 Å². The first kappa shape index (κ1) is 16.4. The summed E-state index contributed by atoms with van der Waals surface area (Å²) in [6.45, 7) is 2.57. The van der Waals surface area contributed by atoms with Crippen molar-refractivity contribution >= 4 is 11.7 Å². The summed E-state index contributed by atoms with van der Waals surface area (Å²) < 4.78 is 0. The van der Waals surface area contributed by atoms with Crippen LogP contribution in [0.1, 0.15) is 28.8 Å². The zero-order valence-corrected chi connectivity index (χ0v) is 13.5. The van der Waals surface area contributed by atoms with Crippen molar-refractivity contribution in [2.24, 2.45) is 5.73 Å². The molecule has 1 aromatic heterocycles. The summed E-state index contributed by atoms with van der Waals surface area (Å²) in [4.78, 5) is 17.7. The predicted molar refractivity (Wildman–Crippen MR) is 93.1 cm³/mol. The molecule has 1 aromatic carbocycles. The lowest BCUT2D eigenvalue weighted by Gasteiger charge is -2.29. The van der Waals surface area contributed by atoms with Gasteiger partial charge in [-0.25, -0.2) is 4.98 Å². The molecule has 1 aliphatic rings. The molecule has 0 aliphatic carbocycles. The third-order valence-corrected chi connectivity index (χ3v) is 4.36. The summed E-state index contributed by atoms with van der Waals surface area (Å²) in [5.74, 6) is -0.436. The van der Waals surface area contributed by atoms with Gasteiger partial charge in [-0.2, -0.15) is 0 Å². The summed E-state index contributed by atoms with van der Waals surface area (Å²) in [7, 11) is 0. The Morgan fingerprint density at radius 1 is 1.29 bits per heavy atom. The standard InChI is InChI=1S/C18H22N4O2/c19-17-16(18(20)24)8-14(9-21-17)13-5-3-12(4-6-13)10-22-7-1-2-15(23)11-22/h3-6,8-9,15,23H,1-2,7,10-11H2,(H2,19,21)(H2,20,24). The molecule has 24 heavy (non-hydrogen) atoms. The monoisotopic (exact) mass is 326 g/mol. The van der Waals surface area contributed by atoms with Crippen molar-refractivity contribution in [2.45, 2.75) is 25.5 Å². The van der Waals surface area contributed by atoms with Crippen LogP contribution in [-0.2, 0) is 6.54 Å². The number of anilines is 1. The minimum absolute atomic E-state index is 0.145. The van der Waals surface area contributed by atoms with Gasteiger partial charge < -0.3 is 16.6 Å². The Labute approximate surface area is 141 Å². The van der Waals surface area contributed by atoms with E-state index < -0.39 is 5.91 Å². The summed E-state index contributed by atoms with van der Waals surface area (Å²) in [6.07, 6.45) is 3.34. The number of piperidine rings is 1. The van der Waals surface area contributed by atoms with Crippen molar-refractivity contribution in [1.29, 1.82) is 0 Å². The molecule has 6 nitrogen and oxygen atoms in total. The highest BCUT2D eigenvalue weighted by Crippen LogP contribution is 2.23. The number of nitrogens with zero attached hydrogens (tertiary/aromatic N) is 2. The van der Waals surface area contributed by atoms with Crippen LogP contribution in [0.4, 0.5) is 5.82 Å². The van der Waals surface area contributed by atoms with Gasteiger partial charge in [0.05, 0.1) is 11.7 Å². The number of aliphatic hydroxyl groups is 1. The predicted octanol–water partition coefficient (Wildman–Crippen LogP) is 1.39. The van der Waals surface area contributed by atoms with E-state index in [0.717, 1.165) is 43.6 Å².